The summed E-state index contributed by atoms with van der Waals surface area (Å²) in [6.07, 6.45) is 2.90. The van der Waals surface area contributed by atoms with Gasteiger partial charge in [-0.2, -0.15) is 0 Å². The van der Waals surface area contributed by atoms with Crippen LogP contribution in [-0.2, 0) is 0 Å². The predicted octanol–water partition coefficient (Wildman–Crippen LogP) is 5.66. The Morgan fingerprint density at radius 2 is 1.79 bits per heavy atom. The van der Waals surface area contributed by atoms with Gasteiger partial charge in [-0.05, 0) is 82.6 Å². The van der Waals surface area contributed by atoms with Gasteiger partial charge in [0.1, 0.15) is 0 Å². The van der Waals surface area contributed by atoms with Gasteiger partial charge in [0.15, 0.2) is 5.13 Å². The highest BCUT2D eigenvalue weighted by Gasteiger charge is 2.23. The van der Waals surface area contributed by atoms with E-state index in [0.29, 0.717) is 6.54 Å². The van der Waals surface area contributed by atoms with Gasteiger partial charge in [-0.1, -0.05) is 23.5 Å². The quantitative estimate of drug-likeness (QED) is 0.436. The molecule has 0 atom stereocenters. The van der Waals surface area contributed by atoms with E-state index in [1.165, 1.54) is 11.1 Å². The number of carbonyl (C=O) groups is 1. The molecule has 7 heteroatoms. The van der Waals surface area contributed by atoms with Gasteiger partial charge in [0.2, 0.25) is 0 Å². The molecule has 0 fully saturated rings. The van der Waals surface area contributed by atoms with Gasteiger partial charge < -0.3 is 4.90 Å². The molecule has 0 aliphatic rings. The van der Waals surface area contributed by atoms with Gasteiger partial charge in [-0.25, -0.2) is 4.98 Å². The largest absolute Gasteiger partial charge is 0.309 e. The van der Waals surface area contributed by atoms with E-state index < -0.39 is 0 Å². The molecule has 29 heavy (non-hydrogen) atoms. The summed E-state index contributed by atoms with van der Waals surface area (Å²) in [5.41, 5.74) is 4.18. The number of hydrogen-bond donors (Lipinski definition) is 0. The summed E-state index contributed by atoms with van der Waals surface area (Å²) in [5, 5.41) is 0.777. The number of benzene rings is 2. The van der Waals surface area contributed by atoms with Gasteiger partial charge >= 0.3 is 0 Å². The molecule has 3 rings (SSSR count). The monoisotopic (exact) mass is 449 g/mol. The van der Waals surface area contributed by atoms with E-state index in [2.05, 4.69) is 45.0 Å². The third-order valence-electron chi connectivity index (χ3n) is 4.79. The van der Waals surface area contributed by atoms with Crippen molar-refractivity contribution in [3.63, 3.8) is 0 Å². The van der Waals surface area contributed by atoms with Crippen LogP contribution >= 0.6 is 35.5 Å². The van der Waals surface area contributed by atoms with E-state index in [1.807, 2.05) is 35.4 Å². The van der Waals surface area contributed by atoms with Crippen molar-refractivity contribution in [2.24, 2.45) is 0 Å². The van der Waals surface area contributed by atoms with Crippen molar-refractivity contribution >= 4 is 56.8 Å². The van der Waals surface area contributed by atoms with E-state index in [0.717, 1.165) is 38.8 Å². The normalized spacial score (nSPS) is 11.0. The molecule has 0 saturated carbocycles. The Labute approximate surface area is 187 Å². The molecule has 0 radical (unpaired) electrons. The highest BCUT2D eigenvalue weighted by Crippen LogP contribution is 2.32. The first-order valence-electron chi connectivity index (χ1n) is 9.38. The Morgan fingerprint density at radius 1 is 1.10 bits per heavy atom. The van der Waals surface area contributed by atoms with E-state index >= 15 is 0 Å². The van der Waals surface area contributed by atoms with E-state index in [-0.39, 0.29) is 18.3 Å². The summed E-state index contributed by atoms with van der Waals surface area (Å²) < 4.78 is 1.13. The molecule has 1 heterocycles. The topological polar surface area (TPSA) is 36.4 Å². The SMILES string of the molecule is CSc1ccccc1C(=O)N(CCCN(C)C)c1nc2cc(C)c(C)cc2s1.Cl. The molecule has 0 spiro atoms. The minimum absolute atomic E-state index is 0. The van der Waals surface area contributed by atoms with Crippen LogP contribution in [0, 0.1) is 13.8 Å². The first kappa shape index (κ1) is 23.7. The van der Waals surface area contributed by atoms with Gasteiger partial charge in [0.25, 0.3) is 5.91 Å². The van der Waals surface area contributed by atoms with Gasteiger partial charge in [-0.3, -0.25) is 9.69 Å². The second-order valence-corrected chi connectivity index (χ2v) is 9.07. The van der Waals surface area contributed by atoms with Crippen LogP contribution in [0.4, 0.5) is 5.13 Å². The average molecular weight is 450 g/mol. The van der Waals surface area contributed by atoms with Gasteiger partial charge in [0, 0.05) is 11.4 Å². The highest BCUT2D eigenvalue weighted by atomic mass is 35.5. The van der Waals surface area contributed by atoms with Crippen molar-refractivity contribution in [1.82, 2.24) is 9.88 Å². The smallest absolute Gasteiger partial charge is 0.261 e. The predicted molar refractivity (Wildman–Crippen MR) is 129 cm³/mol. The summed E-state index contributed by atoms with van der Waals surface area (Å²) in [6.45, 7) is 5.79. The number of amides is 1. The number of carbonyl (C=O) groups excluding carboxylic acids is 1. The van der Waals surface area contributed by atoms with Crippen LogP contribution in [0.1, 0.15) is 27.9 Å². The number of fused-ring (bicyclic) bond motifs is 1. The number of rotatable bonds is 7. The lowest BCUT2D eigenvalue weighted by Crippen LogP contribution is -2.33. The van der Waals surface area contributed by atoms with Gasteiger partial charge in [0.05, 0.1) is 15.8 Å². The van der Waals surface area contributed by atoms with Crippen LogP contribution in [0.5, 0.6) is 0 Å². The van der Waals surface area contributed by atoms with Crippen molar-refractivity contribution < 1.29 is 4.79 Å². The molecule has 0 saturated heterocycles. The third kappa shape index (κ3) is 5.51. The van der Waals surface area contributed by atoms with Crippen LogP contribution < -0.4 is 4.90 Å². The number of thiazole rings is 1. The van der Waals surface area contributed by atoms with Crippen LogP contribution in [0.2, 0.25) is 0 Å². The van der Waals surface area contributed by atoms with Crippen molar-refractivity contribution in [2.75, 3.05) is 38.3 Å². The molecule has 0 unspecified atom stereocenters. The maximum absolute atomic E-state index is 13.5. The number of halogens is 1. The van der Waals surface area contributed by atoms with E-state index in [9.17, 15) is 4.79 Å². The van der Waals surface area contributed by atoms with E-state index in [1.54, 1.807) is 23.1 Å². The number of aromatic nitrogens is 1. The number of hydrogen-bond acceptors (Lipinski definition) is 5. The zero-order valence-electron chi connectivity index (χ0n) is 17.6. The molecular formula is C22H28ClN3OS2. The summed E-state index contributed by atoms with van der Waals surface area (Å²) in [5.74, 6) is 0.0243. The Hall–Kier alpha value is -1.60. The lowest BCUT2D eigenvalue weighted by molar-refractivity contribution is 0.0983. The lowest BCUT2D eigenvalue weighted by atomic mass is 10.1. The number of aryl methyl sites for hydroxylation is 2. The molecular weight excluding hydrogens is 422 g/mol. The number of anilines is 1. The van der Waals surface area contributed by atoms with Crippen molar-refractivity contribution in [3.8, 4) is 0 Å². The minimum Gasteiger partial charge on any atom is -0.309 e. The van der Waals surface area contributed by atoms with Crippen LogP contribution in [0.3, 0.4) is 0 Å². The molecule has 2 aromatic carbocycles. The van der Waals surface area contributed by atoms with Crippen molar-refractivity contribution in [2.45, 2.75) is 25.2 Å². The molecule has 1 amide bonds. The summed E-state index contributed by atoms with van der Waals surface area (Å²) in [4.78, 5) is 23.3. The second-order valence-electron chi connectivity index (χ2n) is 7.21. The fourth-order valence-electron chi connectivity index (χ4n) is 3.08. The fraction of sp³-hybridized carbons (Fsp3) is 0.364. The highest BCUT2D eigenvalue weighted by molar-refractivity contribution is 7.98. The molecule has 4 nitrogen and oxygen atoms in total. The Bertz CT molecular complexity index is 948. The number of thioether (sulfide) groups is 1. The molecule has 156 valence electrons. The second kappa shape index (κ2) is 10.4. The Kier molecular flexibility index (Phi) is 8.52. The maximum atomic E-state index is 13.5. The standard InChI is InChI=1S/C22H27N3OS2.ClH/c1-15-13-18-20(14-16(15)2)28-22(23-18)25(12-8-11-24(3)4)21(26)17-9-6-7-10-19(17)27-5;/h6-7,9-10,13-14H,8,11-12H2,1-5H3;1H. The molecule has 3 aromatic rings. The zero-order valence-corrected chi connectivity index (χ0v) is 20.0. The minimum atomic E-state index is 0. The van der Waals surface area contributed by atoms with E-state index in [4.69, 9.17) is 4.98 Å². The Morgan fingerprint density at radius 3 is 2.48 bits per heavy atom. The first-order chi connectivity index (χ1) is 13.4. The fourth-order valence-corrected chi connectivity index (χ4v) is 4.74. The summed E-state index contributed by atoms with van der Waals surface area (Å²) >= 11 is 3.20. The molecule has 0 bridgehead atoms. The zero-order chi connectivity index (χ0) is 20.3. The first-order valence-corrected chi connectivity index (χ1v) is 11.4. The summed E-state index contributed by atoms with van der Waals surface area (Å²) in [7, 11) is 4.11. The average Bonchev–Trinajstić information content (AvgIpc) is 3.07. The van der Waals surface area contributed by atoms with Crippen molar-refractivity contribution in [3.05, 3.63) is 53.1 Å². The maximum Gasteiger partial charge on any atom is 0.261 e. The van der Waals surface area contributed by atoms with Crippen LogP contribution in [0.25, 0.3) is 10.2 Å². The number of nitrogens with zero attached hydrogens (tertiary/aromatic N) is 3. The molecule has 0 aliphatic carbocycles. The van der Waals surface area contributed by atoms with Crippen LogP contribution in [-0.4, -0.2) is 49.2 Å². The van der Waals surface area contributed by atoms with Gasteiger partial charge in [-0.15, -0.1) is 24.2 Å². The lowest BCUT2D eigenvalue weighted by Gasteiger charge is -2.22. The molecule has 0 N–H and O–H groups in total. The third-order valence-corrected chi connectivity index (χ3v) is 6.63. The van der Waals surface area contributed by atoms with Crippen molar-refractivity contribution in [1.29, 1.82) is 0 Å². The summed E-state index contributed by atoms with van der Waals surface area (Å²) in [6, 6.07) is 12.1. The molecule has 1 aromatic heterocycles. The Balaban J connectivity index is 0.00000300. The van der Waals surface area contributed by atoms with Crippen LogP contribution in [0.15, 0.2) is 41.3 Å². The molecule has 0 aliphatic heterocycles.